The molecule has 0 aliphatic rings. The van der Waals surface area contributed by atoms with Crippen molar-refractivity contribution in [1.29, 1.82) is 0 Å². The minimum Gasteiger partial charge on any atom is -0.412 e. The van der Waals surface area contributed by atoms with Crippen molar-refractivity contribution in [3.8, 4) is 11.5 Å². The Morgan fingerprint density at radius 1 is 1.04 bits per heavy atom. The molecule has 116 valence electrons. The summed E-state index contributed by atoms with van der Waals surface area (Å²) in [5.74, 6) is -2.92. The summed E-state index contributed by atoms with van der Waals surface area (Å²) in [5.41, 5.74) is 1.13. The highest BCUT2D eigenvalue weighted by Gasteiger charge is 2.19. The van der Waals surface area contributed by atoms with Crippen LogP contribution < -0.4 is 5.32 Å². The quantitative estimate of drug-likeness (QED) is 0.802. The van der Waals surface area contributed by atoms with Crippen LogP contribution in [-0.4, -0.2) is 16.1 Å². The highest BCUT2D eigenvalue weighted by Crippen LogP contribution is 2.21. The van der Waals surface area contributed by atoms with Crippen LogP contribution in [0.25, 0.3) is 11.5 Å². The van der Waals surface area contributed by atoms with Gasteiger partial charge in [-0.15, -0.1) is 10.2 Å². The molecule has 0 aliphatic heterocycles. The number of nitrogens with one attached hydrogen (secondary N) is 1. The molecule has 0 aliphatic carbocycles. The molecule has 5 nitrogen and oxygen atoms in total. The van der Waals surface area contributed by atoms with E-state index in [0.29, 0.717) is 5.56 Å². The molecule has 2 aromatic carbocycles. The Balaban J connectivity index is 1.83. The van der Waals surface area contributed by atoms with Gasteiger partial charge in [-0.25, -0.2) is 8.78 Å². The normalized spacial score (nSPS) is 10.6. The lowest BCUT2D eigenvalue weighted by molar-refractivity contribution is 0.0989. The second-order valence-corrected chi connectivity index (χ2v) is 4.83. The van der Waals surface area contributed by atoms with Crippen molar-refractivity contribution in [3.05, 3.63) is 65.6 Å². The van der Waals surface area contributed by atoms with Crippen LogP contribution in [0.1, 0.15) is 16.2 Å². The lowest BCUT2D eigenvalue weighted by Gasteiger charge is -2.04. The molecule has 0 spiro atoms. The molecule has 0 radical (unpaired) electrons. The van der Waals surface area contributed by atoms with E-state index in [-0.39, 0.29) is 11.8 Å². The molecular weight excluding hydrogens is 304 g/mol. The van der Waals surface area contributed by atoms with E-state index in [1.165, 1.54) is 6.07 Å². The molecule has 0 bridgehead atoms. The fourth-order valence-corrected chi connectivity index (χ4v) is 1.91. The predicted molar refractivity (Wildman–Crippen MR) is 78.8 cm³/mol. The van der Waals surface area contributed by atoms with Crippen molar-refractivity contribution in [2.45, 2.75) is 6.92 Å². The molecule has 1 aromatic heterocycles. The first kappa shape index (κ1) is 14.8. The highest BCUT2D eigenvalue weighted by molar-refractivity contribution is 6.01. The summed E-state index contributed by atoms with van der Waals surface area (Å²) in [6, 6.07) is 10.5. The van der Waals surface area contributed by atoms with Gasteiger partial charge in [0.25, 0.3) is 0 Å². The van der Waals surface area contributed by atoms with Gasteiger partial charge in [-0.1, -0.05) is 23.8 Å². The maximum absolute atomic E-state index is 13.5. The van der Waals surface area contributed by atoms with E-state index in [1.807, 2.05) is 19.1 Å². The van der Waals surface area contributed by atoms with E-state index < -0.39 is 23.2 Å². The van der Waals surface area contributed by atoms with Crippen molar-refractivity contribution in [3.63, 3.8) is 0 Å². The fraction of sp³-hybridized carbons (Fsp3) is 0.0625. The third-order valence-electron chi connectivity index (χ3n) is 3.12. The van der Waals surface area contributed by atoms with Crippen molar-refractivity contribution >= 4 is 11.6 Å². The van der Waals surface area contributed by atoms with Crippen molar-refractivity contribution in [2.24, 2.45) is 0 Å². The average Bonchev–Trinajstić information content (AvgIpc) is 3.02. The summed E-state index contributed by atoms with van der Waals surface area (Å²) < 4.78 is 32.3. The third-order valence-corrected chi connectivity index (χ3v) is 3.12. The highest BCUT2D eigenvalue weighted by atomic mass is 19.1. The molecule has 1 heterocycles. The number of carbonyl (C=O) groups is 1. The van der Waals surface area contributed by atoms with Crippen molar-refractivity contribution in [2.75, 3.05) is 5.32 Å². The predicted octanol–water partition coefficient (Wildman–Crippen LogP) is 3.58. The van der Waals surface area contributed by atoms with Gasteiger partial charge in [-0.3, -0.25) is 4.79 Å². The Labute approximate surface area is 130 Å². The van der Waals surface area contributed by atoms with Gasteiger partial charge in [0.05, 0.1) is 0 Å². The number of carbonyl (C=O) groups excluding carboxylic acids is 1. The number of nitrogens with zero attached hydrogens (tertiary/aromatic N) is 2. The maximum Gasteiger partial charge on any atom is 0.313 e. The Morgan fingerprint density at radius 2 is 1.70 bits per heavy atom. The van der Waals surface area contributed by atoms with E-state index >= 15 is 0 Å². The van der Waals surface area contributed by atoms with Crippen LogP contribution >= 0.6 is 0 Å². The maximum atomic E-state index is 13.5. The lowest BCUT2D eigenvalue weighted by atomic mass is 10.1. The van der Waals surface area contributed by atoms with Crippen LogP contribution in [0.15, 0.2) is 46.9 Å². The molecular formula is C16H11F2N3O2. The van der Waals surface area contributed by atoms with Crippen LogP contribution in [0, 0.1) is 18.6 Å². The van der Waals surface area contributed by atoms with Crippen molar-refractivity contribution < 1.29 is 18.0 Å². The Morgan fingerprint density at radius 3 is 2.35 bits per heavy atom. The summed E-state index contributed by atoms with van der Waals surface area (Å²) in [5, 5.41) is 9.44. The van der Waals surface area contributed by atoms with Crippen LogP contribution in [-0.2, 0) is 0 Å². The average molecular weight is 315 g/mol. The monoisotopic (exact) mass is 315 g/mol. The summed E-state index contributed by atoms with van der Waals surface area (Å²) in [6.07, 6.45) is 0. The minimum absolute atomic E-state index is 0.143. The number of hydrogen-bond acceptors (Lipinski definition) is 4. The number of anilines is 1. The molecule has 0 saturated carbocycles. The SMILES string of the molecule is Cc1ccc(-c2nnc(C(=O)Nc3c(F)cccc3F)o2)cc1. The summed E-state index contributed by atoms with van der Waals surface area (Å²) >= 11 is 0. The van der Waals surface area contributed by atoms with Gasteiger partial charge >= 0.3 is 11.8 Å². The summed E-state index contributed by atoms with van der Waals surface area (Å²) in [7, 11) is 0. The van der Waals surface area contributed by atoms with Gasteiger partial charge in [0.2, 0.25) is 5.89 Å². The van der Waals surface area contributed by atoms with Crippen LogP contribution in [0.4, 0.5) is 14.5 Å². The van der Waals surface area contributed by atoms with Crippen molar-refractivity contribution in [1.82, 2.24) is 10.2 Å². The zero-order chi connectivity index (χ0) is 16.4. The van der Waals surface area contributed by atoms with Gasteiger partial charge < -0.3 is 9.73 Å². The van der Waals surface area contributed by atoms with Gasteiger partial charge in [0.15, 0.2) is 0 Å². The molecule has 3 aromatic rings. The molecule has 0 fully saturated rings. The van der Waals surface area contributed by atoms with E-state index in [2.05, 4.69) is 15.5 Å². The van der Waals surface area contributed by atoms with Gasteiger partial charge in [0.1, 0.15) is 17.3 Å². The smallest absolute Gasteiger partial charge is 0.313 e. The van der Waals surface area contributed by atoms with Crippen LogP contribution in [0.3, 0.4) is 0 Å². The van der Waals surface area contributed by atoms with Gasteiger partial charge in [0, 0.05) is 5.56 Å². The number of halogens is 2. The number of hydrogen-bond donors (Lipinski definition) is 1. The first-order chi connectivity index (χ1) is 11.0. The second-order valence-electron chi connectivity index (χ2n) is 4.83. The molecule has 7 heteroatoms. The van der Waals surface area contributed by atoms with Gasteiger partial charge in [-0.05, 0) is 31.2 Å². The molecule has 1 amide bonds. The lowest BCUT2D eigenvalue weighted by Crippen LogP contribution is -2.14. The summed E-state index contributed by atoms with van der Waals surface area (Å²) in [6.45, 7) is 1.93. The molecule has 1 N–H and O–H groups in total. The van der Waals surface area contributed by atoms with Gasteiger partial charge in [-0.2, -0.15) is 0 Å². The Bertz CT molecular complexity index is 840. The molecule has 3 rings (SSSR count). The molecule has 0 atom stereocenters. The number of para-hydroxylation sites is 1. The Kier molecular flexibility index (Phi) is 3.84. The largest absolute Gasteiger partial charge is 0.412 e. The first-order valence-electron chi connectivity index (χ1n) is 6.70. The van der Waals surface area contributed by atoms with E-state index in [0.717, 1.165) is 17.7 Å². The number of aromatic nitrogens is 2. The topological polar surface area (TPSA) is 68.0 Å². The minimum atomic E-state index is -0.892. The van der Waals surface area contributed by atoms with Crippen LogP contribution in [0.5, 0.6) is 0 Å². The zero-order valence-corrected chi connectivity index (χ0v) is 12.0. The number of benzene rings is 2. The van der Waals surface area contributed by atoms with Crippen LogP contribution in [0.2, 0.25) is 0 Å². The Hall–Kier alpha value is -3.09. The number of aryl methyl sites for hydroxylation is 1. The molecule has 0 saturated heterocycles. The second kappa shape index (κ2) is 5.96. The number of rotatable bonds is 3. The van der Waals surface area contributed by atoms with E-state index in [4.69, 9.17) is 4.42 Å². The standard InChI is InChI=1S/C16H11F2N3O2/c1-9-5-7-10(8-6-9)15-20-21-16(23-15)14(22)19-13-11(17)3-2-4-12(13)18/h2-8H,1H3,(H,19,22). The zero-order valence-electron chi connectivity index (χ0n) is 12.0. The molecule has 23 heavy (non-hydrogen) atoms. The molecule has 0 unspecified atom stereocenters. The van der Waals surface area contributed by atoms with E-state index in [9.17, 15) is 13.6 Å². The summed E-state index contributed by atoms with van der Waals surface area (Å²) in [4.78, 5) is 12.0. The first-order valence-corrected chi connectivity index (χ1v) is 6.70. The number of amides is 1. The fourth-order valence-electron chi connectivity index (χ4n) is 1.91. The van der Waals surface area contributed by atoms with E-state index in [1.54, 1.807) is 12.1 Å². The third kappa shape index (κ3) is 3.08.